The summed E-state index contributed by atoms with van der Waals surface area (Å²) in [6.45, 7) is 5.37. The number of rotatable bonds is 6. The average molecular weight is 342 g/mol. The molecule has 3 rings (SSSR count). The van der Waals surface area contributed by atoms with Gasteiger partial charge in [0.15, 0.2) is 5.82 Å². The molecule has 0 aliphatic carbocycles. The summed E-state index contributed by atoms with van der Waals surface area (Å²) in [5.74, 6) is 2.02. The lowest BCUT2D eigenvalue weighted by Crippen LogP contribution is -2.50. The van der Waals surface area contributed by atoms with Crippen LogP contribution in [0, 0.1) is 0 Å². The number of carbonyl (C=O) groups excluding carboxylic acids is 1. The summed E-state index contributed by atoms with van der Waals surface area (Å²) in [6, 6.07) is 13.2. The van der Waals surface area contributed by atoms with Gasteiger partial charge in [-0.2, -0.15) is 0 Å². The molecule has 132 valence electrons. The third-order valence-corrected chi connectivity index (χ3v) is 3.98. The number of para-hydroxylation sites is 1. The molecule has 1 aliphatic rings. The number of carbonyl (C=O) groups is 1. The summed E-state index contributed by atoms with van der Waals surface area (Å²) in [4.78, 5) is 15.9. The fourth-order valence-electron chi connectivity index (χ4n) is 2.61. The van der Waals surface area contributed by atoms with Crippen LogP contribution in [0.3, 0.4) is 0 Å². The van der Waals surface area contributed by atoms with E-state index in [0.29, 0.717) is 25.6 Å². The van der Waals surface area contributed by atoms with Crippen molar-refractivity contribution in [2.75, 3.05) is 44.3 Å². The van der Waals surface area contributed by atoms with Gasteiger partial charge in [0.05, 0.1) is 0 Å². The Morgan fingerprint density at radius 2 is 1.80 bits per heavy atom. The third-order valence-electron chi connectivity index (χ3n) is 3.98. The van der Waals surface area contributed by atoms with E-state index in [-0.39, 0.29) is 12.5 Å². The average Bonchev–Trinajstić information content (AvgIpc) is 2.68. The van der Waals surface area contributed by atoms with Crippen LogP contribution in [-0.2, 0) is 9.53 Å². The van der Waals surface area contributed by atoms with Gasteiger partial charge in [0.2, 0.25) is 11.8 Å². The minimum atomic E-state index is 0.0409. The summed E-state index contributed by atoms with van der Waals surface area (Å²) in [5.41, 5.74) is 0. The topological polar surface area (TPSA) is 67.8 Å². The van der Waals surface area contributed by atoms with E-state index in [9.17, 15) is 4.79 Å². The Hall–Kier alpha value is -2.67. The molecule has 1 aromatic carbocycles. The van der Waals surface area contributed by atoms with E-state index in [0.717, 1.165) is 24.7 Å². The molecule has 7 nitrogen and oxygen atoms in total. The smallest absolute Gasteiger partial charge is 0.248 e. The number of amides is 1. The standard InChI is InChI=1S/C18H22N4O3/c1-2-24-14-18(23)22-12-10-21(11-13-22)16-8-9-17(20-19-16)25-15-6-4-3-5-7-15/h3-9H,2,10-14H2,1H3. The number of nitrogens with zero attached hydrogens (tertiary/aromatic N) is 4. The van der Waals surface area contributed by atoms with Gasteiger partial charge in [-0.3, -0.25) is 4.79 Å². The van der Waals surface area contributed by atoms with Gasteiger partial charge in [-0.25, -0.2) is 0 Å². The van der Waals surface area contributed by atoms with Crippen LogP contribution in [0.25, 0.3) is 0 Å². The molecule has 2 aromatic rings. The maximum Gasteiger partial charge on any atom is 0.248 e. The molecule has 0 atom stereocenters. The van der Waals surface area contributed by atoms with Gasteiger partial charge in [0, 0.05) is 38.9 Å². The lowest BCUT2D eigenvalue weighted by atomic mass is 10.3. The lowest BCUT2D eigenvalue weighted by Gasteiger charge is -2.35. The van der Waals surface area contributed by atoms with Gasteiger partial charge in [-0.15, -0.1) is 10.2 Å². The third kappa shape index (κ3) is 4.67. The van der Waals surface area contributed by atoms with Crippen molar-refractivity contribution in [1.82, 2.24) is 15.1 Å². The second kappa shape index (κ2) is 8.43. The van der Waals surface area contributed by atoms with Crippen molar-refractivity contribution in [3.05, 3.63) is 42.5 Å². The van der Waals surface area contributed by atoms with Gasteiger partial charge in [0.1, 0.15) is 12.4 Å². The first-order valence-corrected chi connectivity index (χ1v) is 8.43. The molecule has 0 unspecified atom stereocenters. The summed E-state index contributed by atoms with van der Waals surface area (Å²) < 4.78 is 10.8. The fraction of sp³-hybridized carbons (Fsp3) is 0.389. The van der Waals surface area contributed by atoms with Crippen molar-refractivity contribution < 1.29 is 14.3 Å². The number of hydrogen-bond acceptors (Lipinski definition) is 6. The van der Waals surface area contributed by atoms with Crippen LogP contribution in [0.5, 0.6) is 11.6 Å². The van der Waals surface area contributed by atoms with Crippen molar-refractivity contribution >= 4 is 11.7 Å². The van der Waals surface area contributed by atoms with Gasteiger partial charge < -0.3 is 19.3 Å². The molecule has 7 heteroatoms. The Bertz CT molecular complexity index is 670. The maximum absolute atomic E-state index is 12.0. The molecule has 1 amide bonds. The van der Waals surface area contributed by atoms with Crippen molar-refractivity contribution in [3.8, 4) is 11.6 Å². The highest BCUT2D eigenvalue weighted by Crippen LogP contribution is 2.20. The van der Waals surface area contributed by atoms with E-state index in [1.54, 1.807) is 0 Å². The zero-order valence-electron chi connectivity index (χ0n) is 14.3. The molecular weight excluding hydrogens is 320 g/mol. The van der Waals surface area contributed by atoms with E-state index in [4.69, 9.17) is 9.47 Å². The maximum atomic E-state index is 12.0. The van der Waals surface area contributed by atoms with Crippen LogP contribution in [0.4, 0.5) is 5.82 Å². The molecule has 0 saturated carbocycles. The van der Waals surface area contributed by atoms with Gasteiger partial charge in [-0.1, -0.05) is 18.2 Å². The molecule has 1 aromatic heterocycles. The molecule has 0 bridgehead atoms. The van der Waals surface area contributed by atoms with Crippen LogP contribution in [-0.4, -0.2) is 60.4 Å². The van der Waals surface area contributed by atoms with Crippen LogP contribution >= 0.6 is 0 Å². The van der Waals surface area contributed by atoms with Crippen molar-refractivity contribution in [2.24, 2.45) is 0 Å². The van der Waals surface area contributed by atoms with Gasteiger partial charge >= 0.3 is 0 Å². The van der Waals surface area contributed by atoms with E-state index in [1.165, 1.54) is 0 Å². The number of hydrogen-bond donors (Lipinski definition) is 0. The van der Waals surface area contributed by atoms with Crippen LogP contribution < -0.4 is 9.64 Å². The second-order valence-corrected chi connectivity index (χ2v) is 5.65. The molecule has 0 N–H and O–H groups in total. The molecule has 2 heterocycles. The minimum absolute atomic E-state index is 0.0409. The predicted molar refractivity (Wildman–Crippen MR) is 93.8 cm³/mol. The number of piperazine rings is 1. The summed E-state index contributed by atoms with van der Waals surface area (Å²) >= 11 is 0. The predicted octanol–water partition coefficient (Wildman–Crippen LogP) is 1.95. The Labute approximate surface area is 147 Å². The molecule has 1 saturated heterocycles. The number of aromatic nitrogens is 2. The fourth-order valence-corrected chi connectivity index (χ4v) is 2.61. The lowest BCUT2D eigenvalue weighted by molar-refractivity contribution is -0.136. The van der Waals surface area contributed by atoms with Crippen molar-refractivity contribution in [2.45, 2.75) is 6.92 Å². The molecule has 25 heavy (non-hydrogen) atoms. The van der Waals surface area contributed by atoms with Crippen LogP contribution in [0.2, 0.25) is 0 Å². The van der Waals surface area contributed by atoms with Crippen LogP contribution in [0.1, 0.15) is 6.92 Å². The second-order valence-electron chi connectivity index (χ2n) is 5.65. The quantitative estimate of drug-likeness (QED) is 0.799. The first-order chi connectivity index (χ1) is 12.3. The Kier molecular flexibility index (Phi) is 5.79. The first-order valence-electron chi connectivity index (χ1n) is 8.43. The van der Waals surface area contributed by atoms with Gasteiger partial charge in [0.25, 0.3) is 0 Å². The Morgan fingerprint density at radius 3 is 2.44 bits per heavy atom. The summed E-state index contributed by atoms with van der Waals surface area (Å²) in [5, 5.41) is 8.37. The van der Waals surface area contributed by atoms with E-state index < -0.39 is 0 Å². The monoisotopic (exact) mass is 342 g/mol. The van der Waals surface area contributed by atoms with Crippen molar-refractivity contribution in [3.63, 3.8) is 0 Å². The first kappa shape index (κ1) is 17.2. The van der Waals surface area contributed by atoms with E-state index >= 15 is 0 Å². The summed E-state index contributed by atoms with van der Waals surface area (Å²) in [6.07, 6.45) is 0. The van der Waals surface area contributed by atoms with Crippen molar-refractivity contribution in [1.29, 1.82) is 0 Å². The zero-order chi connectivity index (χ0) is 17.5. The number of benzene rings is 1. The highest BCUT2D eigenvalue weighted by Gasteiger charge is 2.22. The Morgan fingerprint density at radius 1 is 1.04 bits per heavy atom. The molecular formula is C18H22N4O3. The highest BCUT2D eigenvalue weighted by atomic mass is 16.5. The highest BCUT2D eigenvalue weighted by molar-refractivity contribution is 5.77. The Balaban J connectivity index is 1.52. The molecule has 1 aliphatic heterocycles. The van der Waals surface area contributed by atoms with Crippen LogP contribution in [0.15, 0.2) is 42.5 Å². The molecule has 0 spiro atoms. The normalized spacial score (nSPS) is 14.4. The van der Waals surface area contributed by atoms with E-state index in [2.05, 4.69) is 15.1 Å². The molecule has 0 radical (unpaired) electrons. The largest absolute Gasteiger partial charge is 0.438 e. The summed E-state index contributed by atoms with van der Waals surface area (Å²) in [7, 11) is 0. The molecule has 1 fully saturated rings. The SMILES string of the molecule is CCOCC(=O)N1CCN(c2ccc(Oc3ccccc3)nn2)CC1. The number of anilines is 1. The van der Waals surface area contributed by atoms with E-state index in [1.807, 2.05) is 54.3 Å². The zero-order valence-corrected chi connectivity index (χ0v) is 14.3. The minimum Gasteiger partial charge on any atom is -0.438 e. The van der Waals surface area contributed by atoms with Gasteiger partial charge in [-0.05, 0) is 25.1 Å². The number of ether oxygens (including phenoxy) is 2.